The zero-order valence-corrected chi connectivity index (χ0v) is 12.3. The van der Waals surface area contributed by atoms with Crippen molar-refractivity contribution in [3.05, 3.63) is 30.1 Å². The number of likely N-dealkylation sites (N-methyl/N-ethyl adjacent to an activating group) is 2. The van der Waals surface area contributed by atoms with E-state index in [1.54, 1.807) is 13.2 Å². The van der Waals surface area contributed by atoms with Crippen LogP contribution in [0.1, 0.15) is 19.5 Å². The number of hydrogen-bond donors (Lipinski definition) is 1. The monoisotopic (exact) mass is 279 g/mol. The molecule has 1 aromatic heterocycles. The van der Waals surface area contributed by atoms with Gasteiger partial charge in [0.05, 0.1) is 0 Å². The smallest absolute Gasteiger partial charge is 0.329 e. The number of carboxylic acid groups (broad SMARTS) is 1. The molecule has 1 heterocycles. The van der Waals surface area contributed by atoms with Gasteiger partial charge in [-0.1, -0.05) is 6.07 Å². The maximum absolute atomic E-state index is 12.2. The molecule has 0 aliphatic carbocycles. The summed E-state index contributed by atoms with van der Waals surface area (Å²) in [5.41, 5.74) is -0.344. The van der Waals surface area contributed by atoms with Crippen LogP contribution in [0.25, 0.3) is 0 Å². The van der Waals surface area contributed by atoms with Gasteiger partial charge in [0.1, 0.15) is 5.54 Å². The summed E-state index contributed by atoms with van der Waals surface area (Å²) < 4.78 is 0. The first-order valence-corrected chi connectivity index (χ1v) is 6.39. The average molecular weight is 279 g/mol. The fourth-order valence-corrected chi connectivity index (χ4v) is 1.56. The first-order valence-electron chi connectivity index (χ1n) is 6.39. The number of aliphatic carboxylic acids is 1. The number of carboxylic acids is 1. The molecule has 1 rings (SSSR count). The van der Waals surface area contributed by atoms with E-state index in [2.05, 4.69) is 4.98 Å². The minimum atomic E-state index is -1.24. The van der Waals surface area contributed by atoms with Gasteiger partial charge in [-0.05, 0) is 26.0 Å². The molecule has 2 amide bonds. The zero-order valence-electron chi connectivity index (χ0n) is 12.3. The summed E-state index contributed by atoms with van der Waals surface area (Å²) in [5, 5.41) is 9.13. The largest absolute Gasteiger partial charge is 0.480 e. The highest BCUT2D eigenvalue weighted by Gasteiger charge is 2.36. The van der Waals surface area contributed by atoms with E-state index in [9.17, 15) is 9.59 Å². The second-order valence-electron chi connectivity index (χ2n) is 5.20. The van der Waals surface area contributed by atoms with Gasteiger partial charge in [-0.25, -0.2) is 9.59 Å². The summed E-state index contributed by atoms with van der Waals surface area (Å²) in [4.78, 5) is 30.2. The summed E-state index contributed by atoms with van der Waals surface area (Å²) >= 11 is 0. The molecular weight excluding hydrogens is 258 g/mol. The van der Waals surface area contributed by atoms with E-state index in [1.807, 2.05) is 18.2 Å². The Morgan fingerprint density at radius 1 is 1.30 bits per heavy atom. The van der Waals surface area contributed by atoms with E-state index in [4.69, 9.17) is 5.11 Å². The molecule has 20 heavy (non-hydrogen) atoms. The van der Waals surface area contributed by atoms with Gasteiger partial charge in [-0.2, -0.15) is 0 Å². The molecule has 0 radical (unpaired) electrons. The van der Waals surface area contributed by atoms with Gasteiger partial charge >= 0.3 is 12.0 Å². The molecule has 0 fully saturated rings. The lowest BCUT2D eigenvalue weighted by Gasteiger charge is -2.34. The fraction of sp³-hybridized carbons (Fsp3) is 0.500. The van der Waals surface area contributed by atoms with Gasteiger partial charge in [0.15, 0.2) is 0 Å². The summed E-state index contributed by atoms with van der Waals surface area (Å²) in [6.07, 6.45) is 2.33. The number of amides is 2. The summed E-state index contributed by atoms with van der Waals surface area (Å²) in [5.74, 6) is -1.04. The Balaban J connectivity index is 2.61. The van der Waals surface area contributed by atoms with E-state index in [-0.39, 0.29) is 6.03 Å². The van der Waals surface area contributed by atoms with Gasteiger partial charge in [-0.3, -0.25) is 4.98 Å². The van der Waals surface area contributed by atoms with Crippen molar-refractivity contribution in [1.29, 1.82) is 0 Å². The van der Waals surface area contributed by atoms with Crippen molar-refractivity contribution in [1.82, 2.24) is 14.8 Å². The molecule has 0 unspecified atom stereocenters. The van der Waals surface area contributed by atoms with Gasteiger partial charge in [0.25, 0.3) is 0 Å². The molecule has 110 valence electrons. The van der Waals surface area contributed by atoms with Crippen LogP contribution in [0.5, 0.6) is 0 Å². The second-order valence-corrected chi connectivity index (χ2v) is 5.20. The number of pyridine rings is 1. The van der Waals surface area contributed by atoms with Crippen molar-refractivity contribution in [2.45, 2.75) is 25.8 Å². The molecule has 0 aromatic carbocycles. The van der Waals surface area contributed by atoms with Crippen LogP contribution in [0.4, 0.5) is 4.79 Å². The minimum Gasteiger partial charge on any atom is -0.480 e. The third kappa shape index (κ3) is 3.69. The lowest BCUT2D eigenvalue weighted by Crippen LogP contribution is -2.54. The lowest BCUT2D eigenvalue weighted by molar-refractivity contribution is -0.147. The third-order valence-corrected chi connectivity index (χ3v) is 3.40. The Labute approximate surface area is 119 Å². The maximum atomic E-state index is 12.2. The van der Waals surface area contributed by atoms with Crippen molar-refractivity contribution in [3.8, 4) is 0 Å². The summed E-state index contributed by atoms with van der Waals surface area (Å²) in [6, 6.07) is 5.29. The Morgan fingerprint density at radius 3 is 2.45 bits per heavy atom. The summed E-state index contributed by atoms with van der Waals surface area (Å²) in [6.45, 7) is 3.48. The minimum absolute atomic E-state index is 0.326. The molecule has 1 N–H and O–H groups in total. The molecule has 0 saturated heterocycles. The highest BCUT2D eigenvalue weighted by atomic mass is 16.4. The standard InChI is InChI=1S/C14H21N3O3/c1-14(2,12(18)19)17(4)13(20)16(3)10-8-11-7-5-6-9-15-11/h5-7,9H,8,10H2,1-4H3,(H,18,19). The summed E-state index contributed by atoms with van der Waals surface area (Å²) in [7, 11) is 3.15. The van der Waals surface area contributed by atoms with E-state index in [0.29, 0.717) is 13.0 Å². The number of carbonyl (C=O) groups excluding carboxylic acids is 1. The van der Waals surface area contributed by atoms with Crippen LogP contribution in [-0.4, -0.2) is 58.1 Å². The number of hydrogen-bond acceptors (Lipinski definition) is 3. The topological polar surface area (TPSA) is 73.7 Å². The Kier molecular flexibility index (Phi) is 5.07. The van der Waals surface area contributed by atoms with Crippen LogP contribution in [0.3, 0.4) is 0 Å². The number of carbonyl (C=O) groups is 2. The molecule has 0 aliphatic rings. The first-order chi connectivity index (χ1) is 9.26. The van der Waals surface area contributed by atoms with Gasteiger partial charge in [0.2, 0.25) is 0 Å². The van der Waals surface area contributed by atoms with Crippen LogP contribution in [0.15, 0.2) is 24.4 Å². The number of rotatable bonds is 5. The highest BCUT2D eigenvalue weighted by Crippen LogP contribution is 2.14. The van der Waals surface area contributed by atoms with E-state index >= 15 is 0 Å². The molecule has 0 saturated carbocycles. The van der Waals surface area contributed by atoms with E-state index < -0.39 is 11.5 Å². The lowest BCUT2D eigenvalue weighted by atomic mass is 10.0. The molecule has 6 nitrogen and oxygen atoms in total. The fourth-order valence-electron chi connectivity index (χ4n) is 1.56. The third-order valence-electron chi connectivity index (χ3n) is 3.40. The van der Waals surface area contributed by atoms with Crippen molar-refractivity contribution >= 4 is 12.0 Å². The van der Waals surface area contributed by atoms with E-state index in [1.165, 1.54) is 30.7 Å². The predicted molar refractivity (Wildman–Crippen MR) is 75.4 cm³/mol. The van der Waals surface area contributed by atoms with Gasteiger partial charge in [-0.15, -0.1) is 0 Å². The van der Waals surface area contributed by atoms with Crippen LogP contribution < -0.4 is 0 Å². The highest BCUT2D eigenvalue weighted by molar-refractivity contribution is 5.85. The quantitative estimate of drug-likeness (QED) is 0.885. The maximum Gasteiger partial charge on any atom is 0.329 e. The van der Waals surface area contributed by atoms with Crippen molar-refractivity contribution in [2.24, 2.45) is 0 Å². The molecule has 1 aromatic rings. The average Bonchev–Trinajstić information content (AvgIpc) is 2.43. The first kappa shape index (κ1) is 15.9. The number of aromatic nitrogens is 1. The Bertz CT molecular complexity index is 474. The van der Waals surface area contributed by atoms with Gasteiger partial charge < -0.3 is 14.9 Å². The van der Waals surface area contributed by atoms with Crippen molar-refractivity contribution in [3.63, 3.8) is 0 Å². The van der Waals surface area contributed by atoms with Gasteiger partial charge in [0, 0.05) is 39.0 Å². The van der Waals surface area contributed by atoms with Crippen LogP contribution in [0, 0.1) is 0 Å². The van der Waals surface area contributed by atoms with Crippen molar-refractivity contribution in [2.75, 3.05) is 20.6 Å². The van der Waals surface area contributed by atoms with Crippen LogP contribution in [-0.2, 0) is 11.2 Å². The van der Waals surface area contributed by atoms with Crippen molar-refractivity contribution < 1.29 is 14.7 Å². The SMILES string of the molecule is CN(CCc1ccccn1)C(=O)N(C)C(C)(C)C(=O)O. The zero-order chi connectivity index (χ0) is 15.3. The van der Waals surface area contributed by atoms with Crippen LogP contribution >= 0.6 is 0 Å². The number of urea groups is 1. The molecule has 0 bridgehead atoms. The normalized spacial score (nSPS) is 11.0. The number of nitrogens with zero attached hydrogens (tertiary/aromatic N) is 3. The molecule has 6 heteroatoms. The van der Waals surface area contributed by atoms with E-state index in [0.717, 1.165) is 5.69 Å². The molecular formula is C14H21N3O3. The second kappa shape index (κ2) is 6.36. The predicted octanol–water partition coefficient (Wildman–Crippen LogP) is 1.47. The van der Waals surface area contributed by atoms with Crippen LogP contribution in [0.2, 0.25) is 0 Å². The molecule has 0 aliphatic heterocycles. The Morgan fingerprint density at radius 2 is 1.95 bits per heavy atom. The Hall–Kier alpha value is -2.11. The molecule has 0 spiro atoms. The molecule has 0 atom stereocenters.